The number of amides is 2. The Morgan fingerprint density at radius 2 is 2.12 bits per heavy atom. The van der Waals surface area contributed by atoms with Crippen LogP contribution in [0.1, 0.15) is 19.1 Å². The third kappa shape index (κ3) is 3.91. The summed E-state index contributed by atoms with van der Waals surface area (Å²) in [4.78, 5) is 26.5. The highest BCUT2D eigenvalue weighted by Gasteiger charge is 2.32. The molecule has 0 saturated heterocycles. The molecule has 0 aliphatic carbocycles. The fourth-order valence-corrected chi connectivity index (χ4v) is 2.57. The molecule has 0 radical (unpaired) electrons. The molecule has 2 aromatic rings. The first-order valence-corrected chi connectivity index (χ1v) is 8.25. The Hall–Kier alpha value is -3.02. The lowest BCUT2D eigenvalue weighted by molar-refractivity contribution is -0.128. The van der Waals surface area contributed by atoms with Gasteiger partial charge >= 0.3 is 0 Å². The van der Waals surface area contributed by atoms with Gasteiger partial charge in [-0.1, -0.05) is 19.1 Å². The van der Waals surface area contributed by atoms with Crippen molar-refractivity contribution in [2.24, 2.45) is 0 Å². The van der Waals surface area contributed by atoms with Crippen LogP contribution in [0.15, 0.2) is 53.2 Å². The molecule has 1 aromatic heterocycles. The van der Waals surface area contributed by atoms with E-state index in [-0.39, 0.29) is 18.4 Å². The van der Waals surface area contributed by atoms with Crippen molar-refractivity contribution in [2.75, 3.05) is 18.0 Å². The smallest absolute Gasteiger partial charge is 0.262 e. The molecular weight excluding hydrogens is 320 g/mol. The Morgan fingerprint density at radius 1 is 1.28 bits per heavy atom. The number of rotatable bonds is 5. The fraction of sp³-hybridized carbons (Fsp3) is 0.263. The van der Waals surface area contributed by atoms with Gasteiger partial charge in [0.1, 0.15) is 11.5 Å². The van der Waals surface area contributed by atoms with Crippen LogP contribution < -0.4 is 15.0 Å². The zero-order valence-electron chi connectivity index (χ0n) is 14.0. The van der Waals surface area contributed by atoms with Crippen LogP contribution in [0.2, 0.25) is 0 Å². The van der Waals surface area contributed by atoms with E-state index in [9.17, 15) is 9.59 Å². The molecular formula is C19H20N2O4. The van der Waals surface area contributed by atoms with Gasteiger partial charge in [-0.25, -0.2) is 0 Å². The number of anilines is 1. The van der Waals surface area contributed by atoms with Crippen molar-refractivity contribution in [3.63, 3.8) is 0 Å². The second kappa shape index (κ2) is 7.70. The summed E-state index contributed by atoms with van der Waals surface area (Å²) in [6.45, 7) is 2.72. The van der Waals surface area contributed by atoms with Crippen molar-refractivity contribution in [3.8, 4) is 5.75 Å². The minimum atomic E-state index is -0.734. The van der Waals surface area contributed by atoms with Gasteiger partial charge < -0.3 is 19.4 Å². The Kier molecular flexibility index (Phi) is 5.18. The van der Waals surface area contributed by atoms with Gasteiger partial charge in [-0.15, -0.1) is 0 Å². The summed E-state index contributed by atoms with van der Waals surface area (Å²) >= 11 is 0. The molecule has 0 fully saturated rings. The van der Waals surface area contributed by atoms with Crippen LogP contribution >= 0.6 is 0 Å². The fourth-order valence-electron chi connectivity index (χ4n) is 2.57. The molecule has 6 nitrogen and oxygen atoms in total. The molecule has 0 bridgehead atoms. The molecule has 2 amide bonds. The van der Waals surface area contributed by atoms with E-state index >= 15 is 0 Å². The maximum atomic E-state index is 12.6. The minimum absolute atomic E-state index is 0.161. The summed E-state index contributed by atoms with van der Waals surface area (Å²) in [5.41, 5.74) is 0.649. The van der Waals surface area contributed by atoms with E-state index in [1.165, 1.54) is 6.08 Å². The first-order chi connectivity index (χ1) is 12.2. The van der Waals surface area contributed by atoms with E-state index in [2.05, 4.69) is 5.32 Å². The Labute approximate surface area is 146 Å². The average Bonchev–Trinajstić information content (AvgIpc) is 3.16. The van der Waals surface area contributed by atoms with Gasteiger partial charge in [-0.2, -0.15) is 0 Å². The summed E-state index contributed by atoms with van der Waals surface area (Å²) in [6, 6.07) is 10.7. The van der Waals surface area contributed by atoms with Gasteiger partial charge in [0.25, 0.3) is 11.8 Å². The van der Waals surface area contributed by atoms with E-state index < -0.39 is 6.10 Å². The maximum absolute atomic E-state index is 12.6. The zero-order valence-corrected chi connectivity index (χ0v) is 14.0. The van der Waals surface area contributed by atoms with Crippen molar-refractivity contribution in [2.45, 2.75) is 19.4 Å². The molecule has 0 spiro atoms. The number of benzene rings is 1. The summed E-state index contributed by atoms with van der Waals surface area (Å²) in [5, 5.41) is 2.81. The highest BCUT2D eigenvalue weighted by molar-refractivity contribution is 6.05. The molecule has 1 atom stereocenters. The third-order valence-corrected chi connectivity index (χ3v) is 3.81. The van der Waals surface area contributed by atoms with E-state index in [1.807, 2.05) is 19.1 Å². The molecule has 130 valence electrons. The van der Waals surface area contributed by atoms with Crippen LogP contribution in [-0.4, -0.2) is 31.0 Å². The molecule has 25 heavy (non-hydrogen) atoms. The number of carbonyl (C=O) groups excluding carboxylic acids is 2. The lowest BCUT2D eigenvalue weighted by atomic mass is 10.1. The van der Waals surface area contributed by atoms with Crippen LogP contribution in [0.3, 0.4) is 0 Å². The second-order valence-corrected chi connectivity index (χ2v) is 5.66. The molecule has 3 rings (SSSR count). The number of carbonyl (C=O) groups is 2. The minimum Gasteiger partial charge on any atom is -0.477 e. The first kappa shape index (κ1) is 16.8. The Bertz CT molecular complexity index is 767. The van der Waals surface area contributed by atoms with Gasteiger partial charge in [-0.05, 0) is 36.8 Å². The van der Waals surface area contributed by atoms with Crippen LogP contribution in [0.4, 0.5) is 5.69 Å². The topological polar surface area (TPSA) is 71.8 Å². The molecule has 1 aliphatic heterocycles. The monoisotopic (exact) mass is 340 g/mol. The van der Waals surface area contributed by atoms with Crippen molar-refractivity contribution in [3.05, 3.63) is 54.5 Å². The first-order valence-electron chi connectivity index (χ1n) is 8.25. The van der Waals surface area contributed by atoms with Crippen molar-refractivity contribution >= 4 is 23.6 Å². The zero-order chi connectivity index (χ0) is 17.6. The molecule has 1 aliphatic rings. The largest absolute Gasteiger partial charge is 0.477 e. The van der Waals surface area contributed by atoms with Crippen molar-refractivity contribution < 1.29 is 18.7 Å². The molecule has 0 saturated carbocycles. The number of hydrogen-bond acceptors (Lipinski definition) is 4. The van der Waals surface area contributed by atoms with Crippen molar-refractivity contribution in [1.29, 1.82) is 0 Å². The molecule has 6 heteroatoms. The molecule has 1 N–H and O–H groups in total. The van der Waals surface area contributed by atoms with Crippen LogP contribution in [0.25, 0.3) is 6.08 Å². The highest BCUT2D eigenvalue weighted by Crippen LogP contribution is 2.33. The van der Waals surface area contributed by atoms with Gasteiger partial charge in [-0.3, -0.25) is 9.59 Å². The number of nitrogens with one attached hydrogen (secondary N) is 1. The van der Waals surface area contributed by atoms with Crippen molar-refractivity contribution in [1.82, 2.24) is 5.32 Å². The standard InChI is InChI=1S/C19H20N2O4/c1-2-11-20-19(23)17-13-21(15-7-3-4-8-16(15)25-17)18(22)10-9-14-6-5-12-24-14/h3-10,12,17H,2,11,13H2,1H3,(H,20,23)/b10-9+. The predicted octanol–water partition coefficient (Wildman–Crippen LogP) is 2.61. The lowest BCUT2D eigenvalue weighted by Gasteiger charge is -2.33. The molecule has 1 unspecified atom stereocenters. The maximum Gasteiger partial charge on any atom is 0.262 e. The van der Waals surface area contributed by atoms with Gasteiger partial charge in [0, 0.05) is 12.6 Å². The number of para-hydroxylation sites is 2. The van der Waals surface area contributed by atoms with E-state index in [4.69, 9.17) is 9.15 Å². The van der Waals surface area contributed by atoms with Crippen LogP contribution in [0.5, 0.6) is 5.75 Å². The quantitative estimate of drug-likeness (QED) is 0.849. The molecule has 1 aromatic carbocycles. The highest BCUT2D eigenvalue weighted by atomic mass is 16.5. The number of furan rings is 1. The Morgan fingerprint density at radius 3 is 2.88 bits per heavy atom. The summed E-state index contributed by atoms with van der Waals surface area (Å²) < 4.78 is 11.0. The van der Waals surface area contributed by atoms with Gasteiger partial charge in [0.2, 0.25) is 0 Å². The SMILES string of the molecule is CCCNC(=O)C1CN(C(=O)/C=C/c2ccco2)c2ccccc2O1. The molecule has 2 heterocycles. The van der Waals surface area contributed by atoms with Gasteiger partial charge in [0.15, 0.2) is 6.10 Å². The van der Waals surface area contributed by atoms with Crippen LogP contribution in [-0.2, 0) is 9.59 Å². The summed E-state index contributed by atoms with van der Waals surface area (Å²) in [6.07, 6.45) is 4.68. The van der Waals surface area contributed by atoms with Crippen LogP contribution in [0, 0.1) is 0 Å². The normalized spacial score (nSPS) is 16.4. The summed E-state index contributed by atoms with van der Waals surface area (Å²) in [5.74, 6) is 0.655. The third-order valence-electron chi connectivity index (χ3n) is 3.81. The predicted molar refractivity (Wildman–Crippen MR) is 94.3 cm³/mol. The number of nitrogens with zero attached hydrogens (tertiary/aromatic N) is 1. The Balaban J connectivity index is 1.81. The van der Waals surface area contributed by atoms with E-state index in [0.717, 1.165) is 6.42 Å². The average molecular weight is 340 g/mol. The second-order valence-electron chi connectivity index (χ2n) is 5.66. The van der Waals surface area contributed by atoms with E-state index in [1.54, 1.807) is 41.5 Å². The number of hydrogen-bond donors (Lipinski definition) is 1. The van der Waals surface area contributed by atoms with E-state index in [0.29, 0.717) is 23.7 Å². The number of fused-ring (bicyclic) bond motifs is 1. The van der Waals surface area contributed by atoms with Gasteiger partial charge in [0.05, 0.1) is 18.5 Å². The number of ether oxygens (including phenoxy) is 1. The summed E-state index contributed by atoms with van der Waals surface area (Å²) in [7, 11) is 0. The lowest BCUT2D eigenvalue weighted by Crippen LogP contribution is -2.50.